The van der Waals surface area contributed by atoms with Crippen LogP contribution < -0.4 is 0 Å². The van der Waals surface area contributed by atoms with Gasteiger partial charge in [0.2, 0.25) is 0 Å². The van der Waals surface area contributed by atoms with Gasteiger partial charge in [-0.2, -0.15) is 0 Å². The van der Waals surface area contributed by atoms with Crippen molar-refractivity contribution in [2.45, 2.75) is 58.0 Å². The van der Waals surface area contributed by atoms with E-state index >= 15 is 0 Å². The van der Waals surface area contributed by atoms with Crippen molar-refractivity contribution in [3.05, 3.63) is 46.5 Å². The van der Waals surface area contributed by atoms with Crippen LogP contribution in [0.3, 0.4) is 0 Å². The van der Waals surface area contributed by atoms with E-state index in [9.17, 15) is 5.11 Å². The van der Waals surface area contributed by atoms with Gasteiger partial charge < -0.3 is 9.67 Å². The normalized spacial score (nSPS) is 20.5. The lowest BCUT2D eigenvalue weighted by atomic mass is 9.79. The second-order valence-electron chi connectivity index (χ2n) is 7.62. The van der Waals surface area contributed by atoms with Crippen LogP contribution in [0, 0.1) is 0 Å². The molecule has 1 N–H and O–H groups in total. The minimum atomic E-state index is -1.16. The number of nitrogens with zero attached hydrogens (tertiary/aromatic N) is 1. The number of allylic oxidation sites excluding steroid dienone is 1. The van der Waals surface area contributed by atoms with E-state index in [1.54, 1.807) is 0 Å². The average molecular weight is 352 g/mol. The molecular weight excluding hydrogens is 322 g/mol. The smallest absolute Gasteiger partial charge is 0.139 e. The van der Waals surface area contributed by atoms with Gasteiger partial charge in [-0.25, -0.2) is 0 Å². The van der Waals surface area contributed by atoms with Crippen molar-refractivity contribution in [3.63, 3.8) is 0 Å². The van der Waals surface area contributed by atoms with Crippen molar-refractivity contribution >= 4 is 20.6 Å². The fourth-order valence-corrected chi connectivity index (χ4v) is 6.47. The standard InChI is InChI=1S/C19H30ClNOSi/c1-15(2)12-18(21-10-5-11-23(21)14-22)13-19(3,4)16-6-8-17(20)9-7-16/h6-9,12,18,22-23H,5,10-11,13-14H2,1-4H3/t18?,23-/m0/s1. The predicted octanol–water partition coefficient (Wildman–Crippen LogP) is 4.30. The Labute approximate surface area is 147 Å². The molecule has 1 heterocycles. The number of hydrogen-bond donors (Lipinski definition) is 1. The number of hydrogen-bond acceptors (Lipinski definition) is 2. The summed E-state index contributed by atoms with van der Waals surface area (Å²) in [7, 11) is -1.16. The number of aliphatic hydroxyl groups is 1. The second-order valence-corrected chi connectivity index (χ2v) is 11.0. The van der Waals surface area contributed by atoms with Gasteiger partial charge in [0.05, 0.1) is 0 Å². The quantitative estimate of drug-likeness (QED) is 0.610. The van der Waals surface area contributed by atoms with Crippen LogP contribution in [0.4, 0.5) is 0 Å². The van der Waals surface area contributed by atoms with E-state index in [2.05, 4.69) is 50.5 Å². The van der Waals surface area contributed by atoms with Crippen LogP contribution >= 0.6 is 11.6 Å². The van der Waals surface area contributed by atoms with Gasteiger partial charge in [-0.15, -0.1) is 0 Å². The Balaban J connectivity index is 2.22. The van der Waals surface area contributed by atoms with Gasteiger partial charge in [0.1, 0.15) is 8.96 Å². The summed E-state index contributed by atoms with van der Waals surface area (Å²) in [5.41, 5.74) is 2.77. The van der Waals surface area contributed by atoms with Crippen molar-refractivity contribution < 1.29 is 5.11 Å². The Hall–Kier alpha value is -0.613. The molecule has 0 aliphatic carbocycles. The highest BCUT2D eigenvalue weighted by Gasteiger charge is 2.34. The van der Waals surface area contributed by atoms with E-state index in [-0.39, 0.29) is 5.41 Å². The van der Waals surface area contributed by atoms with Crippen LogP contribution in [0.1, 0.15) is 46.1 Å². The number of rotatable bonds is 6. The summed E-state index contributed by atoms with van der Waals surface area (Å²) in [5.74, 6) is 0. The molecule has 2 atom stereocenters. The van der Waals surface area contributed by atoms with Crippen molar-refractivity contribution in [1.29, 1.82) is 0 Å². The van der Waals surface area contributed by atoms with Gasteiger partial charge in [0, 0.05) is 17.3 Å². The third-order valence-corrected chi connectivity index (χ3v) is 8.26. The molecule has 0 amide bonds. The number of halogens is 1. The molecule has 4 heteroatoms. The highest BCUT2D eigenvalue weighted by atomic mass is 35.5. The van der Waals surface area contributed by atoms with E-state index in [1.165, 1.54) is 23.6 Å². The Morgan fingerprint density at radius 1 is 1.35 bits per heavy atom. The van der Waals surface area contributed by atoms with E-state index < -0.39 is 8.96 Å². The Bertz CT molecular complexity index is 537. The van der Waals surface area contributed by atoms with Gasteiger partial charge >= 0.3 is 0 Å². The van der Waals surface area contributed by atoms with Crippen LogP contribution in [0.25, 0.3) is 0 Å². The molecule has 1 saturated heterocycles. The lowest BCUT2D eigenvalue weighted by Crippen LogP contribution is -2.46. The summed E-state index contributed by atoms with van der Waals surface area (Å²) in [6.45, 7) is 10.1. The fraction of sp³-hybridized carbons (Fsp3) is 0.579. The first-order valence-corrected chi connectivity index (χ1v) is 11.1. The van der Waals surface area contributed by atoms with E-state index in [0.717, 1.165) is 18.0 Å². The lowest BCUT2D eigenvalue weighted by molar-refractivity contribution is 0.294. The van der Waals surface area contributed by atoms with Crippen molar-refractivity contribution in [3.8, 4) is 0 Å². The molecule has 128 valence electrons. The molecule has 1 fully saturated rings. The van der Waals surface area contributed by atoms with Crippen LogP contribution in [-0.4, -0.2) is 37.4 Å². The summed E-state index contributed by atoms with van der Waals surface area (Å²) in [5, 5.41) is 10.5. The third kappa shape index (κ3) is 4.93. The SMILES string of the molecule is CC(C)=CC(CC(C)(C)c1ccc(Cl)cc1)N1CCC[Si@H]1CO. The van der Waals surface area contributed by atoms with Crippen LogP contribution in [-0.2, 0) is 5.41 Å². The Morgan fingerprint density at radius 3 is 2.57 bits per heavy atom. The van der Waals surface area contributed by atoms with E-state index in [0.29, 0.717) is 12.3 Å². The number of aliphatic hydroxyl groups excluding tert-OH is 1. The van der Waals surface area contributed by atoms with Gasteiger partial charge in [0.25, 0.3) is 0 Å². The van der Waals surface area contributed by atoms with Crippen LogP contribution in [0.15, 0.2) is 35.9 Å². The van der Waals surface area contributed by atoms with Crippen molar-refractivity contribution in [2.24, 2.45) is 0 Å². The maximum Gasteiger partial charge on any atom is 0.139 e. The van der Waals surface area contributed by atoms with E-state index in [1.807, 2.05) is 12.1 Å². The van der Waals surface area contributed by atoms with Crippen LogP contribution in [0.5, 0.6) is 0 Å². The molecule has 2 nitrogen and oxygen atoms in total. The minimum absolute atomic E-state index is 0.0815. The first kappa shape index (κ1) is 18.7. The molecule has 0 aromatic heterocycles. The third-order valence-electron chi connectivity index (χ3n) is 4.93. The van der Waals surface area contributed by atoms with E-state index in [4.69, 9.17) is 11.6 Å². The predicted molar refractivity (Wildman–Crippen MR) is 103 cm³/mol. The monoisotopic (exact) mass is 351 g/mol. The summed E-state index contributed by atoms with van der Waals surface area (Å²) >= 11 is 6.04. The fourth-order valence-electron chi connectivity index (χ4n) is 3.69. The zero-order chi connectivity index (χ0) is 17.0. The molecule has 0 radical (unpaired) electrons. The first-order chi connectivity index (χ1) is 10.8. The van der Waals surface area contributed by atoms with Gasteiger partial charge in [-0.1, -0.05) is 49.2 Å². The molecule has 1 aromatic rings. The van der Waals surface area contributed by atoms with Gasteiger partial charge in [-0.3, -0.25) is 0 Å². The largest absolute Gasteiger partial charge is 0.398 e. The molecular formula is C19H30ClNOSi. The van der Waals surface area contributed by atoms with Crippen molar-refractivity contribution in [1.82, 2.24) is 4.57 Å². The zero-order valence-electron chi connectivity index (χ0n) is 14.8. The molecule has 1 aromatic carbocycles. The zero-order valence-corrected chi connectivity index (χ0v) is 16.8. The van der Waals surface area contributed by atoms with Crippen LogP contribution in [0.2, 0.25) is 11.1 Å². The summed E-state index contributed by atoms with van der Waals surface area (Å²) in [6.07, 6.45) is 5.11. The Kier molecular flexibility index (Phi) is 6.49. The lowest BCUT2D eigenvalue weighted by Gasteiger charge is -2.36. The molecule has 0 spiro atoms. The summed E-state index contributed by atoms with van der Waals surface area (Å²) < 4.78 is 2.63. The maximum absolute atomic E-state index is 9.75. The second kappa shape index (κ2) is 7.97. The van der Waals surface area contributed by atoms with Crippen molar-refractivity contribution in [2.75, 3.05) is 12.8 Å². The topological polar surface area (TPSA) is 23.5 Å². The molecule has 1 aliphatic heterocycles. The maximum atomic E-state index is 9.75. The summed E-state index contributed by atoms with van der Waals surface area (Å²) in [6, 6.07) is 9.92. The molecule has 23 heavy (non-hydrogen) atoms. The number of benzene rings is 1. The molecule has 1 aliphatic rings. The molecule has 0 saturated carbocycles. The Morgan fingerprint density at radius 2 is 2.00 bits per heavy atom. The first-order valence-electron chi connectivity index (χ1n) is 8.61. The minimum Gasteiger partial charge on any atom is -0.398 e. The van der Waals surface area contributed by atoms with Gasteiger partial charge in [-0.05, 0) is 62.4 Å². The summed E-state index contributed by atoms with van der Waals surface area (Å²) in [4.78, 5) is 0. The molecule has 2 rings (SSSR count). The highest BCUT2D eigenvalue weighted by molar-refractivity contribution is 6.56. The average Bonchev–Trinajstić information content (AvgIpc) is 2.94. The highest BCUT2D eigenvalue weighted by Crippen LogP contribution is 2.33. The van der Waals surface area contributed by atoms with Gasteiger partial charge in [0.15, 0.2) is 0 Å². The molecule has 1 unspecified atom stereocenters. The molecule has 0 bridgehead atoms.